The number of nitro benzene ring substituents is 1. The number of rotatable bonds is 3. The number of halogens is 1. The Kier molecular flexibility index (Phi) is 4.13. The molecule has 0 saturated carbocycles. The highest BCUT2D eigenvalue weighted by Crippen LogP contribution is 2.34. The summed E-state index contributed by atoms with van der Waals surface area (Å²) in [5.41, 5.74) is -1.10. The molecule has 0 atom stereocenters. The highest BCUT2D eigenvalue weighted by molar-refractivity contribution is 7.89. The largest absolute Gasteiger partial charge is 0.345 e. The summed E-state index contributed by atoms with van der Waals surface area (Å²) in [4.78, 5) is 22.3. The van der Waals surface area contributed by atoms with Crippen LogP contribution in [-0.2, 0) is 10.0 Å². The Morgan fingerprint density at radius 2 is 1.95 bits per heavy atom. The zero-order valence-corrected chi connectivity index (χ0v) is 11.5. The maximum absolute atomic E-state index is 11.8. The summed E-state index contributed by atoms with van der Waals surface area (Å²) in [6.45, 7) is 0. The molecule has 0 aliphatic rings. The normalized spacial score (nSPS) is 11.2. The first kappa shape index (κ1) is 15.3. The Balaban J connectivity index is 3.68. The quantitative estimate of drug-likeness (QED) is 0.646. The van der Waals surface area contributed by atoms with Crippen LogP contribution in [-0.4, -0.2) is 38.2 Å². The second kappa shape index (κ2) is 5.11. The van der Waals surface area contributed by atoms with Gasteiger partial charge in [-0.1, -0.05) is 11.6 Å². The minimum Gasteiger partial charge on any atom is -0.345 e. The first-order valence-corrected chi connectivity index (χ1v) is 6.71. The third-order valence-electron chi connectivity index (χ3n) is 2.21. The molecule has 0 aliphatic carbocycles. The number of hydrogen-bond acceptors (Lipinski definition) is 5. The van der Waals surface area contributed by atoms with E-state index >= 15 is 0 Å². The fourth-order valence-electron chi connectivity index (χ4n) is 1.36. The van der Waals surface area contributed by atoms with Gasteiger partial charge in [-0.25, -0.2) is 13.6 Å². The average Bonchev–Trinajstić information content (AvgIpc) is 2.24. The van der Waals surface area contributed by atoms with Crippen LogP contribution in [0.25, 0.3) is 0 Å². The highest BCUT2D eigenvalue weighted by Gasteiger charge is 2.30. The number of primary sulfonamides is 1. The third kappa shape index (κ3) is 3.00. The molecule has 0 saturated heterocycles. The number of carbonyl (C=O) groups excluding carboxylic acids is 1. The summed E-state index contributed by atoms with van der Waals surface area (Å²) in [5, 5.41) is 15.2. The summed E-state index contributed by atoms with van der Waals surface area (Å²) >= 11 is 5.67. The van der Waals surface area contributed by atoms with Gasteiger partial charge in [0.05, 0.1) is 4.92 Å². The molecule has 0 spiro atoms. The van der Waals surface area contributed by atoms with Gasteiger partial charge in [0.25, 0.3) is 5.91 Å². The van der Waals surface area contributed by atoms with Crippen LogP contribution in [0.5, 0.6) is 0 Å². The number of carbonyl (C=O) groups is 1. The molecule has 0 aliphatic heterocycles. The van der Waals surface area contributed by atoms with E-state index in [-0.39, 0.29) is 5.56 Å². The number of sulfonamides is 1. The zero-order valence-electron chi connectivity index (χ0n) is 9.95. The molecule has 0 aromatic heterocycles. The van der Waals surface area contributed by atoms with Gasteiger partial charge in [0, 0.05) is 14.1 Å². The minimum atomic E-state index is -4.21. The second-order valence-corrected chi connectivity index (χ2v) is 5.68. The number of benzene rings is 1. The molecule has 0 radical (unpaired) electrons. The molecule has 0 bridgehead atoms. The number of hydrogen-bond donors (Lipinski definition) is 1. The molecular weight excluding hydrogens is 298 g/mol. The lowest BCUT2D eigenvalue weighted by molar-refractivity contribution is -0.385. The molecule has 1 aromatic rings. The van der Waals surface area contributed by atoms with Crippen LogP contribution < -0.4 is 5.14 Å². The maximum atomic E-state index is 11.8. The first-order chi connectivity index (χ1) is 8.57. The third-order valence-corrected chi connectivity index (χ3v) is 3.65. The van der Waals surface area contributed by atoms with Crippen molar-refractivity contribution in [3.63, 3.8) is 0 Å². The summed E-state index contributed by atoms with van der Waals surface area (Å²) in [5.74, 6) is -0.672. The molecular formula is C9H10ClN3O5S. The van der Waals surface area contributed by atoms with Crippen LogP contribution in [0.15, 0.2) is 17.0 Å². The van der Waals surface area contributed by atoms with Crippen molar-refractivity contribution in [1.29, 1.82) is 0 Å². The van der Waals surface area contributed by atoms with Crippen molar-refractivity contribution in [2.45, 2.75) is 4.90 Å². The van der Waals surface area contributed by atoms with E-state index in [1.165, 1.54) is 14.1 Å². The van der Waals surface area contributed by atoms with Gasteiger partial charge < -0.3 is 4.90 Å². The maximum Gasteiger partial charge on any atom is 0.301 e. The molecule has 1 amide bonds. The van der Waals surface area contributed by atoms with E-state index in [4.69, 9.17) is 16.7 Å². The van der Waals surface area contributed by atoms with Crippen molar-refractivity contribution in [2.24, 2.45) is 5.14 Å². The predicted octanol–water partition coefficient (Wildman–Crippen LogP) is 0.597. The molecule has 2 N–H and O–H groups in total. The average molecular weight is 308 g/mol. The Labute approximate surface area is 114 Å². The van der Waals surface area contributed by atoms with Gasteiger partial charge >= 0.3 is 5.69 Å². The van der Waals surface area contributed by atoms with Crippen molar-refractivity contribution in [2.75, 3.05) is 14.1 Å². The molecule has 0 unspecified atom stereocenters. The van der Waals surface area contributed by atoms with Gasteiger partial charge in [0.2, 0.25) is 10.0 Å². The van der Waals surface area contributed by atoms with E-state index in [0.29, 0.717) is 0 Å². The predicted molar refractivity (Wildman–Crippen MR) is 67.5 cm³/mol. The summed E-state index contributed by atoms with van der Waals surface area (Å²) in [6, 6.07) is 1.97. The SMILES string of the molecule is CN(C)C(=O)c1ccc(S(N)(=O)=O)c(Cl)c1[N+](=O)[O-]. The van der Waals surface area contributed by atoms with Crippen molar-refractivity contribution in [3.8, 4) is 0 Å². The fraction of sp³-hybridized carbons (Fsp3) is 0.222. The summed E-state index contributed by atoms with van der Waals surface area (Å²) in [6.07, 6.45) is 0. The Morgan fingerprint density at radius 3 is 2.32 bits per heavy atom. The Bertz CT molecular complexity index is 656. The van der Waals surface area contributed by atoms with E-state index in [1.807, 2.05) is 0 Å². The van der Waals surface area contributed by atoms with E-state index in [1.54, 1.807) is 0 Å². The van der Waals surface area contributed by atoms with Crippen LogP contribution in [0.1, 0.15) is 10.4 Å². The molecule has 104 valence electrons. The van der Waals surface area contributed by atoms with Gasteiger partial charge in [0.15, 0.2) is 0 Å². The van der Waals surface area contributed by atoms with E-state index < -0.39 is 36.5 Å². The van der Waals surface area contributed by atoms with Gasteiger partial charge in [-0.05, 0) is 12.1 Å². The molecule has 8 nitrogen and oxygen atoms in total. The Morgan fingerprint density at radius 1 is 1.42 bits per heavy atom. The monoisotopic (exact) mass is 307 g/mol. The van der Waals surface area contributed by atoms with Crippen LogP contribution in [0.2, 0.25) is 5.02 Å². The van der Waals surface area contributed by atoms with Crippen LogP contribution >= 0.6 is 11.6 Å². The molecule has 1 aromatic carbocycles. The lowest BCUT2D eigenvalue weighted by Gasteiger charge is -2.12. The number of amides is 1. The Hall–Kier alpha value is -1.71. The molecule has 0 heterocycles. The van der Waals surface area contributed by atoms with Crippen LogP contribution in [0.4, 0.5) is 5.69 Å². The van der Waals surface area contributed by atoms with E-state index in [9.17, 15) is 23.3 Å². The van der Waals surface area contributed by atoms with E-state index in [0.717, 1.165) is 17.0 Å². The summed E-state index contributed by atoms with van der Waals surface area (Å²) in [7, 11) is -1.42. The minimum absolute atomic E-state index is 0.313. The van der Waals surface area contributed by atoms with Crippen LogP contribution in [0, 0.1) is 10.1 Å². The van der Waals surface area contributed by atoms with Crippen molar-refractivity contribution in [3.05, 3.63) is 32.8 Å². The van der Waals surface area contributed by atoms with E-state index in [2.05, 4.69) is 0 Å². The molecule has 0 fully saturated rings. The van der Waals surface area contributed by atoms with Gasteiger partial charge in [-0.2, -0.15) is 0 Å². The smallest absolute Gasteiger partial charge is 0.301 e. The number of nitro groups is 1. The lowest BCUT2D eigenvalue weighted by atomic mass is 10.1. The first-order valence-electron chi connectivity index (χ1n) is 4.78. The van der Waals surface area contributed by atoms with Crippen LogP contribution in [0.3, 0.4) is 0 Å². The standard InChI is InChI=1S/C9H10ClN3O5S/c1-12(2)9(14)5-3-4-6(19(11,17)18)7(10)8(5)13(15)16/h3-4H,1-2H3,(H2,11,17,18). The molecule has 19 heavy (non-hydrogen) atoms. The molecule has 1 rings (SSSR count). The van der Waals surface area contributed by atoms with Gasteiger partial charge in [-0.3, -0.25) is 14.9 Å². The zero-order chi connectivity index (χ0) is 15.0. The highest BCUT2D eigenvalue weighted by atomic mass is 35.5. The topological polar surface area (TPSA) is 124 Å². The number of nitrogens with zero attached hydrogens (tertiary/aromatic N) is 2. The van der Waals surface area contributed by atoms with Crippen molar-refractivity contribution >= 4 is 33.2 Å². The second-order valence-electron chi connectivity index (χ2n) is 3.78. The fourth-order valence-corrected chi connectivity index (χ4v) is 2.52. The summed E-state index contributed by atoms with van der Waals surface area (Å²) < 4.78 is 22.4. The molecule has 10 heteroatoms. The van der Waals surface area contributed by atoms with Crippen molar-refractivity contribution in [1.82, 2.24) is 4.90 Å². The lowest BCUT2D eigenvalue weighted by Crippen LogP contribution is -2.23. The van der Waals surface area contributed by atoms with Gasteiger partial charge in [-0.15, -0.1) is 0 Å². The number of nitrogens with two attached hydrogens (primary N) is 1. The van der Waals surface area contributed by atoms with Gasteiger partial charge in [0.1, 0.15) is 15.5 Å². The van der Waals surface area contributed by atoms with Crippen molar-refractivity contribution < 1.29 is 18.1 Å².